The fourth-order valence-corrected chi connectivity index (χ4v) is 7.63. The minimum absolute atomic E-state index is 0.285. The van der Waals surface area contributed by atoms with Gasteiger partial charge in [-0.05, 0) is 55.5 Å². The molecule has 20 heavy (non-hydrogen) atoms. The maximum atomic E-state index is 2.56. The molecular formula is C19H35P. The Morgan fingerprint density at radius 1 is 0.800 bits per heavy atom. The zero-order valence-corrected chi connectivity index (χ0v) is 14.7. The monoisotopic (exact) mass is 294 g/mol. The Labute approximate surface area is 128 Å². The summed E-state index contributed by atoms with van der Waals surface area (Å²) in [6, 6.07) is 0. The first-order chi connectivity index (χ1) is 9.77. The van der Waals surface area contributed by atoms with Crippen LogP contribution >= 0.6 is 7.92 Å². The smallest absolute Gasteiger partial charge is 0.0140 e. The van der Waals surface area contributed by atoms with Crippen LogP contribution in [0.4, 0.5) is 0 Å². The average molecular weight is 294 g/mol. The van der Waals surface area contributed by atoms with Gasteiger partial charge in [0.25, 0.3) is 0 Å². The molecule has 2 fully saturated rings. The van der Waals surface area contributed by atoms with Gasteiger partial charge in [-0.3, -0.25) is 0 Å². The molecule has 0 bridgehead atoms. The molecule has 0 atom stereocenters. The molecule has 0 saturated heterocycles. The maximum absolute atomic E-state index is 2.56. The molecule has 0 aromatic carbocycles. The van der Waals surface area contributed by atoms with Crippen LogP contribution in [0.15, 0.2) is 12.2 Å². The van der Waals surface area contributed by atoms with Crippen molar-refractivity contribution in [1.82, 2.24) is 0 Å². The Hall–Kier alpha value is 0.170. The molecule has 0 aromatic heterocycles. The predicted molar refractivity (Wildman–Crippen MR) is 94.1 cm³/mol. The highest BCUT2D eigenvalue weighted by molar-refractivity contribution is 7.59. The lowest BCUT2D eigenvalue weighted by Gasteiger charge is -2.38. The summed E-state index contributed by atoms with van der Waals surface area (Å²) in [5.41, 5.74) is 2.23. The minimum Gasteiger partial charge on any atom is -0.0965 e. The summed E-state index contributed by atoms with van der Waals surface area (Å²) in [5.74, 6) is 0.821. The van der Waals surface area contributed by atoms with Crippen molar-refractivity contribution in [1.29, 1.82) is 0 Å². The van der Waals surface area contributed by atoms with Gasteiger partial charge in [0.2, 0.25) is 0 Å². The zero-order chi connectivity index (χ0) is 14.2. The number of hydrogen-bond acceptors (Lipinski definition) is 0. The van der Waals surface area contributed by atoms with Crippen LogP contribution in [0.2, 0.25) is 0 Å². The molecule has 0 spiro atoms. The first-order valence-corrected chi connectivity index (χ1v) is 10.8. The molecule has 0 radical (unpaired) electrons. The topological polar surface area (TPSA) is 0 Å². The highest BCUT2D eigenvalue weighted by Crippen LogP contribution is 2.55. The Bertz CT molecular complexity index is 251. The third-order valence-electron chi connectivity index (χ3n) is 5.18. The van der Waals surface area contributed by atoms with Crippen molar-refractivity contribution in [3.63, 3.8) is 0 Å². The van der Waals surface area contributed by atoms with E-state index in [0.717, 1.165) is 17.2 Å². The Morgan fingerprint density at radius 2 is 1.30 bits per heavy atom. The molecule has 0 N–H and O–H groups in total. The van der Waals surface area contributed by atoms with Gasteiger partial charge in [-0.2, -0.15) is 0 Å². The maximum Gasteiger partial charge on any atom is -0.0140 e. The molecule has 1 heteroatoms. The van der Waals surface area contributed by atoms with Gasteiger partial charge in [0, 0.05) is 0 Å². The van der Waals surface area contributed by atoms with Gasteiger partial charge in [-0.15, -0.1) is 0 Å². The van der Waals surface area contributed by atoms with E-state index in [4.69, 9.17) is 0 Å². The van der Waals surface area contributed by atoms with Gasteiger partial charge in [-0.1, -0.05) is 72.4 Å². The predicted octanol–water partition coefficient (Wildman–Crippen LogP) is 6.74. The van der Waals surface area contributed by atoms with Crippen molar-refractivity contribution in [2.75, 3.05) is 6.16 Å². The second kappa shape index (κ2) is 9.24. The molecule has 0 aromatic rings. The molecule has 2 rings (SSSR count). The van der Waals surface area contributed by atoms with Gasteiger partial charge in [0.15, 0.2) is 0 Å². The van der Waals surface area contributed by atoms with Crippen molar-refractivity contribution in [3.8, 4) is 0 Å². The van der Waals surface area contributed by atoms with Crippen LogP contribution in [0.25, 0.3) is 0 Å². The van der Waals surface area contributed by atoms with Crippen LogP contribution in [-0.2, 0) is 0 Å². The van der Waals surface area contributed by atoms with Crippen LogP contribution in [0.5, 0.6) is 0 Å². The summed E-state index contributed by atoms with van der Waals surface area (Å²) in [4.78, 5) is 0. The van der Waals surface area contributed by atoms with E-state index >= 15 is 0 Å². The molecule has 0 heterocycles. The van der Waals surface area contributed by atoms with Crippen molar-refractivity contribution in [2.45, 2.75) is 95.8 Å². The van der Waals surface area contributed by atoms with E-state index in [1.807, 2.05) is 0 Å². The third-order valence-corrected chi connectivity index (χ3v) is 8.72. The second-order valence-corrected chi connectivity index (χ2v) is 10.2. The van der Waals surface area contributed by atoms with Crippen molar-refractivity contribution in [2.24, 2.45) is 5.92 Å². The third kappa shape index (κ3) is 5.51. The molecule has 0 unspecified atom stereocenters. The van der Waals surface area contributed by atoms with E-state index in [0.29, 0.717) is 0 Å². The normalized spacial score (nSPS) is 23.2. The summed E-state index contributed by atoms with van der Waals surface area (Å²) in [6.07, 6.45) is 23.1. The Kier molecular flexibility index (Phi) is 7.64. The Morgan fingerprint density at radius 3 is 1.75 bits per heavy atom. The summed E-state index contributed by atoms with van der Waals surface area (Å²) in [7, 11) is 0.285. The van der Waals surface area contributed by atoms with Gasteiger partial charge in [0.05, 0.1) is 0 Å². The number of hydrogen-bond donors (Lipinski definition) is 0. The number of rotatable bonds is 6. The van der Waals surface area contributed by atoms with E-state index < -0.39 is 0 Å². The van der Waals surface area contributed by atoms with Gasteiger partial charge in [0.1, 0.15) is 0 Å². The van der Waals surface area contributed by atoms with Crippen LogP contribution in [-0.4, -0.2) is 17.5 Å². The fraction of sp³-hybridized carbons (Fsp3) is 0.895. The first-order valence-electron chi connectivity index (χ1n) is 9.18. The molecule has 0 aliphatic heterocycles. The first kappa shape index (κ1) is 16.5. The van der Waals surface area contributed by atoms with E-state index in [2.05, 4.69) is 26.0 Å². The molecule has 0 amide bonds. The molecule has 2 aliphatic carbocycles. The summed E-state index contributed by atoms with van der Waals surface area (Å²) in [6.45, 7) is 4.66. The largest absolute Gasteiger partial charge is 0.0965 e. The van der Waals surface area contributed by atoms with E-state index in [-0.39, 0.29) is 7.92 Å². The molecular weight excluding hydrogens is 259 g/mol. The van der Waals surface area contributed by atoms with Gasteiger partial charge < -0.3 is 0 Å². The average Bonchev–Trinajstić information content (AvgIpc) is 2.49. The van der Waals surface area contributed by atoms with E-state index in [1.165, 1.54) is 51.1 Å². The van der Waals surface area contributed by atoms with Crippen LogP contribution in [0.1, 0.15) is 84.5 Å². The zero-order valence-electron chi connectivity index (χ0n) is 13.8. The fourth-order valence-electron chi connectivity index (χ4n) is 3.99. The van der Waals surface area contributed by atoms with Crippen molar-refractivity contribution >= 4 is 7.92 Å². The van der Waals surface area contributed by atoms with Gasteiger partial charge in [-0.25, -0.2) is 0 Å². The van der Waals surface area contributed by atoms with Crippen molar-refractivity contribution in [3.05, 3.63) is 12.2 Å². The second-order valence-electron chi connectivity index (χ2n) is 7.38. The SMILES string of the molecule is CC(C)CC=CCP(C1CCCCC1)C1CCCCC1. The summed E-state index contributed by atoms with van der Waals surface area (Å²) < 4.78 is 0. The molecule has 0 nitrogen and oxygen atoms in total. The van der Waals surface area contributed by atoms with E-state index in [1.54, 1.807) is 25.7 Å². The number of allylic oxidation sites excluding steroid dienone is 2. The lowest BCUT2D eigenvalue weighted by Crippen LogP contribution is -2.21. The highest BCUT2D eigenvalue weighted by atomic mass is 31.1. The van der Waals surface area contributed by atoms with Crippen molar-refractivity contribution < 1.29 is 0 Å². The molecule has 2 aliphatic rings. The van der Waals surface area contributed by atoms with Crippen LogP contribution in [0, 0.1) is 5.92 Å². The van der Waals surface area contributed by atoms with Gasteiger partial charge >= 0.3 is 0 Å². The molecule has 2 saturated carbocycles. The Balaban J connectivity index is 1.89. The molecule has 116 valence electrons. The minimum atomic E-state index is 0.285. The summed E-state index contributed by atoms with van der Waals surface area (Å²) >= 11 is 0. The van der Waals surface area contributed by atoms with Crippen LogP contribution in [0.3, 0.4) is 0 Å². The van der Waals surface area contributed by atoms with E-state index in [9.17, 15) is 0 Å². The lowest BCUT2D eigenvalue weighted by molar-refractivity contribution is 0.485. The summed E-state index contributed by atoms with van der Waals surface area (Å²) in [5, 5.41) is 0. The van der Waals surface area contributed by atoms with Crippen LogP contribution < -0.4 is 0 Å². The quantitative estimate of drug-likeness (QED) is 0.376. The highest BCUT2D eigenvalue weighted by Gasteiger charge is 2.29. The lowest BCUT2D eigenvalue weighted by atomic mass is 9.99. The standard InChI is InChI=1S/C19H35P/c1-17(2)11-9-10-16-20(18-12-5-3-6-13-18)19-14-7-4-8-15-19/h9-10,17-19H,3-8,11-16H2,1-2H3.